The van der Waals surface area contributed by atoms with Gasteiger partial charge in [-0.3, -0.25) is 19.7 Å². The fraction of sp³-hybridized carbons (Fsp3) is 0.636. The Balaban J connectivity index is 2.61. The molecule has 1 aromatic carbocycles. The van der Waals surface area contributed by atoms with Gasteiger partial charge in [0.1, 0.15) is 5.69 Å². The second-order valence-electron chi connectivity index (χ2n) is 7.41. The monoisotopic (exact) mass is 405 g/mol. The molecule has 1 rings (SSSR count). The van der Waals surface area contributed by atoms with Crippen LogP contribution in [-0.4, -0.2) is 16.7 Å². The Hall–Kier alpha value is -2.44. The standard InChI is InChI=1S/C22H35N3O4/c1-3-5-7-9-11-13-21(26)23-18-15-16-20(25(28)29)19(17-18)24-22(27)14-12-10-8-6-4-2/h15-17H,3-14H2,1-2H3,(H,23,26)(H,24,27). The Morgan fingerprint density at radius 2 is 1.34 bits per heavy atom. The van der Waals surface area contributed by atoms with Crippen LogP contribution in [0.5, 0.6) is 0 Å². The average molecular weight is 406 g/mol. The third kappa shape index (κ3) is 10.6. The van der Waals surface area contributed by atoms with E-state index in [0.717, 1.165) is 57.8 Å². The minimum absolute atomic E-state index is 0.120. The lowest BCUT2D eigenvalue weighted by Crippen LogP contribution is -2.14. The number of carbonyl (C=O) groups is 2. The largest absolute Gasteiger partial charge is 0.326 e. The van der Waals surface area contributed by atoms with Gasteiger partial charge in [0.15, 0.2) is 0 Å². The number of anilines is 2. The van der Waals surface area contributed by atoms with E-state index in [1.165, 1.54) is 24.6 Å². The number of benzene rings is 1. The first-order valence-electron chi connectivity index (χ1n) is 10.9. The predicted octanol–water partition coefficient (Wildman–Crippen LogP) is 6.19. The summed E-state index contributed by atoms with van der Waals surface area (Å²) in [7, 11) is 0. The number of hydrogen-bond acceptors (Lipinski definition) is 4. The molecule has 2 amide bonds. The number of carbonyl (C=O) groups excluding carboxylic acids is 2. The molecule has 0 atom stereocenters. The molecule has 0 bridgehead atoms. The molecule has 0 aliphatic carbocycles. The molecule has 0 aliphatic heterocycles. The van der Waals surface area contributed by atoms with Crippen LogP contribution in [0.4, 0.5) is 17.1 Å². The third-order valence-corrected chi connectivity index (χ3v) is 4.77. The molecule has 0 radical (unpaired) electrons. The number of nitrogens with one attached hydrogen (secondary N) is 2. The predicted molar refractivity (Wildman–Crippen MR) is 117 cm³/mol. The second kappa shape index (κ2) is 14.5. The highest BCUT2D eigenvalue weighted by Gasteiger charge is 2.17. The van der Waals surface area contributed by atoms with Crippen LogP contribution in [0.15, 0.2) is 18.2 Å². The molecule has 7 nitrogen and oxygen atoms in total. The maximum atomic E-state index is 12.2. The molecule has 0 unspecified atom stereocenters. The normalized spacial score (nSPS) is 10.6. The number of amides is 2. The van der Waals surface area contributed by atoms with E-state index in [4.69, 9.17) is 0 Å². The molecule has 0 aliphatic rings. The van der Waals surface area contributed by atoms with Crippen molar-refractivity contribution in [3.05, 3.63) is 28.3 Å². The summed E-state index contributed by atoms with van der Waals surface area (Å²) >= 11 is 0. The van der Waals surface area contributed by atoms with Gasteiger partial charge in [0.25, 0.3) is 5.69 Å². The first kappa shape index (κ1) is 24.6. The summed E-state index contributed by atoms with van der Waals surface area (Å²) in [6.45, 7) is 4.27. The molecule has 1 aromatic rings. The maximum Gasteiger partial charge on any atom is 0.292 e. The van der Waals surface area contributed by atoms with Gasteiger partial charge in [0, 0.05) is 24.6 Å². The van der Waals surface area contributed by atoms with Gasteiger partial charge in [-0.25, -0.2) is 0 Å². The van der Waals surface area contributed by atoms with Crippen LogP contribution in [0, 0.1) is 10.1 Å². The van der Waals surface area contributed by atoms with Crippen molar-refractivity contribution in [1.29, 1.82) is 0 Å². The lowest BCUT2D eigenvalue weighted by molar-refractivity contribution is -0.383. The van der Waals surface area contributed by atoms with Gasteiger partial charge in [-0.1, -0.05) is 65.2 Å². The molecule has 0 fully saturated rings. The van der Waals surface area contributed by atoms with Crippen molar-refractivity contribution >= 4 is 28.9 Å². The first-order chi connectivity index (χ1) is 14.0. The first-order valence-corrected chi connectivity index (χ1v) is 10.9. The highest BCUT2D eigenvalue weighted by molar-refractivity contribution is 5.96. The topological polar surface area (TPSA) is 101 Å². The highest BCUT2D eigenvalue weighted by atomic mass is 16.6. The Bertz CT molecular complexity index is 661. The summed E-state index contributed by atoms with van der Waals surface area (Å²) < 4.78 is 0. The van der Waals surface area contributed by atoms with E-state index in [-0.39, 0.29) is 23.2 Å². The molecule has 0 spiro atoms. The summed E-state index contributed by atoms with van der Waals surface area (Å²) in [5, 5.41) is 16.7. The van der Waals surface area contributed by atoms with Crippen molar-refractivity contribution in [1.82, 2.24) is 0 Å². The molecule has 0 saturated carbocycles. The highest BCUT2D eigenvalue weighted by Crippen LogP contribution is 2.28. The Morgan fingerprint density at radius 1 is 0.828 bits per heavy atom. The minimum atomic E-state index is -0.532. The van der Waals surface area contributed by atoms with Crippen molar-refractivity contribution < 1.29 is 14.5 Å². The molecule has 0 saturated heterocycles. The number of hydrogen-bond donors (Lipinski definition) is 2. The van der Waals surface area contributed by atoms with Crippen molar-refractivity contribution in [3.63, 3.8) is 0 Å². The lowest BCUT2D eigenvalue weighted by Gasteiger charge is -2.10. The summed E-state index contributed by atoms with van der Waals surface area (Å²) in [5.41, 5.74) is 0.392. The Kier molecular flexibility index (Phi) is 12.3. The zero-order valence-electron chi connectivity index (χ0n) is 17.8. The second-order valence-corrected chi connectivity index (χ2v) is 7.41. The van der Waals surface area contributed by atoms with Gasteiger partial charge in [-0.15, -0.1) is 0 Å². The number of rotatable bonds is 15. The van der Waals surface area contributed by atoms with E-state index in [1.807, 2.05) is 0 Å². The Labute approximate surface area is 173 Å². The van der Waals surface area contributed by atoms with Gasteiger partial charge >= 0.3 is 0 Å². The fourth-order valence-corrected chi connectivity index (χ4v) is 3.09. The maximum absolute atomic E-state index is 12.2. The SMILES string of the molecule is CCCCCCCC(=O)Nc1ccc([N+](=O)[O-])c(NC(=O)CCCCCCC)c1. The lowest BCUT2D eigenvalue weighted by atomic mass is 10.1. The molecular formula is C22H35N3O4. The van der Waals surface area contributed by atoms with Crippen LogP contribution in [-0.2, 0) is 9.59 Å². The third-order valence-electron chi connectivity index (χ3n) is 4.77. The number of unbranched alkanes of at least 4 members (excludes halogenated alkanes) is 8. The van der Waals surface area contributed by atoms with Crippen LogP contribution in [0.2, 0.25) is 0 Å². The van der Waals surface area contributed by atoms with Crippen LogP contribution >= 0.6 is 0 Å². The summed E-state index contributed by atoms with van der Waals surface area (Å²) in [5.74, 6) is -0.368. The van der Waals surface area contributed by atoms with Gasteiger partial charge in [-0.2, -0.15) is 0 Å². The van der Waals surface area contributed by atoms with E-state index >= 15 is 0 Å². The number of nitro benzene ring substituents is 1. The van der Waals surface area contributed by atoms with Crippen molar-refractivity contribution in [2.24, 2.45) is 0 Å². The molecule has 7 heteroatoms. The van der Waals surface area contributed by atoms with Crippen molar-refractivity contribution in [2.45, 2.75) is 90.9 Å². The molecule has 0 heterocycles. The molecule has 29 heavy (non-hydrogen) atoms. The summed E-state index contributed by atoms with van der Waals surface area (Å²) in [4.78, 5) is 35.0. The van der Waals surface area contributed by atoms with E-state index < -0.39 is 4.92 Å². The van der Waals surface area contributed by atoms with E-state index in [9.17, 15) is 19.7 Å². The van der Waals surface area contributed by atoms with Gasteiger partial charge in [0.05, 0.1) is 4.92 Å². The minimum Gasteiger partial charge on any atom is -0.326 e. The van der Waals surface area contributed by atoms with Gasteiger partial charge in [-0.05, 0) is 25.0 Å². The summed E-state index contributed by atoms with van der Waals surface area (Å²) in [6, 6.07) is 4.27. The quantitative estimate of drug-likeness (QED) is 0.206. The molecule has 162 valence electrons. The number of nitro groups is 1. The van der Waals surface area contributed by atoms with E-state index in [0.29, 0.717) is 18.5 Å². The smallest absolute Gasteiger partial charge is 0.292 e. The zero-order chi connectivity index (χ0) is 21.5. The Morgan fingerprint density at radius 3 is 1.86 bits per heavy atom. The van der Waals surface area contributed by atoms with Crippen LogP contribution in [0.25, 0.3) is 0 Å². The van der Waals surface area contributed by atoms with Crippen molar-refractivity contribution in [2.75, 3.05) is 10.6 Å². The molecule has 2 N–H and O–H groups in total. The zero-order valence-corrected chi connectivity index (χ0v) is 17.8. The molecular weight excluding hydrogens is 370 g/mol. The van der Waals surface area contributed by atoms with Crippen LogP contribution in [0.1, 0.15) is 90.9 Å². The van der Waals surface area contributed by atoms with Crippen LogP contribution < -0.4 is 10.6 Å². The molecule has 0 aromatic heterocycles. The van der Waals surface area contributed by atoms with Crippen LogP contribution in [0.3, 0.4) is 0 Å². The van der Waals surface area contributed by atoms with Crippen molar-refractivity contribution in [3.8, 4) is 0 Å². The van der Waals surface area contributed by atoms with Gasteiger partial charge < -0.3 is 10.6 Å². The number of nitrogens with zero attached hydrogens (tertiary/aromatic N) is 1. The average Bonchev–Trinajstić information content (AvgIpc) is 2.67. The van der Waals surface area contributed by atoms with E-state index in [1.54, 1.807) is 0 Å². The summed E-state index contributed by atoms with van der Waals surface area (Å²) in [6.07, 6.45) is 11.1. The van der Waals surface area contributed by atoms with Gasteiger partial charge in [0.2, 0.25) is 11.8 Å². The fourth-order valence-electron chi connectivity index (χ4n) is 3.09. The van der Waals surface area contributed by atoms with E-state index in [2.05, 4.69) is 24.5 Å².